The third-order valence-corrected chi connectivity index (χ3v) is 10.2. The molecule has 0 radical (unpaired) electrons. The number of phosphoric acid groups is 1. The lowest BCUT2D eigenvalue weighted by Gasteiger charge is -2.18. The average Bonchev–Trinajstić information content (AvgIpc) is 3.20. The van der Waals surface area contributed by atoms with Crippen LogP contribution in [0.15, 0.2) is 60.8 Å². The highest BCUT2D eigenvalue weighted by atomic mass is 31.2. The molecule has 0 rings (SSSR count). The van der Waals surface area contributed by atoms with E-state index in [4.69, 9.17) is 13.8 Å². The van der Waals surface area contributed by atoms with E-state index in [2.05, 4.69) is 79.9 Å². The fourth-order valence-electron chi connectivity index (χ4n) is 5.83. The summed E-state index contributed by atoms with van der Waals surface area (Å²) in [5, 5.41) is 21.8. The third kappa shape index (κ3) is 40.0. The zero-order valence-corrected chi connectivity index (χ0v) is 37.0. The quantitative estimate of drug-likeness (QED) is 0.0201. The molecular formula is C46H80NO10P. The largest absolute Gasteiger partial charge is 0.480 e. The van der Waals surface area contributed by atoms with E-state index >= 15 is 0 Å². The summed E-state index contributed by atoms with van der Waals surface area (Å²) in [6.45, 7) is 2.42. The summed E-state index contributed by atoms with van der Waals surface area (Å²) in [6, 6.07) is -1.56. The first-order chi connectivity index (χ1) is 28.1. The summed E-state index contributed by atoms with van der Waals surface area (Å²) in [7, 11) is -4.77. The summed E-state index contributed by atoms with van der Waals surface area (Å²) >= 11 is 0. The molecule has 58 heavy (non-hydrogen) atoms. The molecule has 0 aliphatic carbocycles. The summed E-state index contributed by atoms with van der Waals surface area (Å²) in [6.07, 6.45) is 46.8. The van der Waals surface area contributed by atoms with Gasteiger partial charge in [0, 0.05) is 12.8 Å². The Morgan fingerprint density at radius 2 is 1.00 bits per heavy atom. The zero-order chi connectivity index (χ0) is 42.8. The summed E-state index contributed by atoms with van der Waals surface area (Å²) in [4.78, 5) is 45.9. The monoisotopic (exact) mass is 838 g/mol. The van der Waals surface area contributed by atoms with Crippen molar-refractivity contribution in [2.24, 2.45) is 0 Å². The highest BCUT2D eigenvalue weighted by Gasteiger charge is 2.28. The number of carbonyl (C=O) groups excluding carboxylic acids is 2. The van der Waals surface area contributed by atoms with Crippen LogP contribution in [0.25, 0.3) is 0 Å². The van der Waals surface area contributed by atoms with Crippen molar-refractivity contribution >= 4 is 25.7 Å². The van der Waals surface area contributed by atoms with Crippen LogP contribution in [-0.2, 0) is 32.7 Å². The molecule has 0 aromatic heterocycles. The first kappa shape index (κ1) is 55.2. The second-order valence-corrected chi connectivity index (χ2v) is 16.3. The van der Waals surface area contributed by atoms with Crippen molar-refractivity contribution in [1.82, 2.24) is 5.32 Å². The van der Waals surface area contributed by atoms with E-state index in [1.54, 1.807) is 0 Å². The van der Waals surface area contributed by atoms with E-state index in [9.17, 15) is 34.1 Å². The Bertz CT molecular complexity index is 1210. The number of esters is 1. The molecule has 0 aromatic rings. The predicted molar refractivity (Wildman–Crippen MR) is 235 cm³/mol. The topological polar surface area (TPSA) is 169 Å². The number of hydrogen-bond donors (Lipinski definition) is 4. The van der Waals surface area contributed by atoms with Crippen molar-refractivity contribution in [1.29, 1.82) is 0 Å². The van der Waals surface area contributed by atoms with Gasteiger partial charge in [-0.3, -0.25) is 18.6 Å². The number of carboxylic acids is 1. The number of rotatable bonds is 41. The molecule has 0 heterocycles. The van der Waals surface area contributed by atoms with Crippen LogP contribution >= 0.6 is 7.82 Å². The maximum atomic E-state index is 12.3. The van der Waals surface area contributed by atoms with Crippen molar-refractivity contribution in [2.75, 3.05) is 19.8 Å². The number of hydrogen-bond acceptors (Lipinski definition) is 8. The molecule has 0 aliphatic heterocycles. The Morgan fingerprint density at radius 1 is 0.569 bits per heavy atom. The number of carboxylic acid groups (broad SMARTS) is 1. The number of aliphatic hydroxyl groups excluding tert-OH is 1. The first-order valence-electron chi connectivity index (χ1n) is 22.3. The summed E-state index contributed by atoms with van der Waals surface area (Å²) < 4.78 is 26.8. The van der Waals surface area contributed by atoms with Gasteiger partial charge in [0.05, 0.1) is 13.2 Å². The maximum absolute atomic E-state index is 12.3. The zero-order valence-electron chi connectivity index (χ0n) is 36.1. The van der Waals surface area contributed by atoms with E-state index in [1.165, 1.54) is 77.0 Å². The standard InChI is InChI=1S/C46H80NO10P/c1-3-5-7-9-11-13-15-17-18-19-20-21-22-23-24-26-28-30-32-34-36-38-45(50)55-39-42(48)40-56-58(53,54)57-41-43(46(51)52)47-44(49)37-35-33-31-29-27-25-16-14-12-10-8-6-4-2/h6,8,11-14,17-18,25,27,42-43,48H,3-5,7,9-10,15-16,19-24,26,28-41H2,1-2H3,(H,47,49)(H,51,52)(H,53,54)/b8-6-,13-11-,14-12-,18-17-,27-25-. The molecule has 3 atom stereocenters. The number of phosphoric ester groups is 1. The van der Waals surface area contributed by atoms with Crippen LogP contribution in [0.2, 0.25) is 0 Å². The van der Waals surface area contributed by atoms with E-state index in [0.29, 0.717) is 12.8 Å². The minimum Gasteiger partial charge on any atom is -0.480 e. The van der Waals surface area contributed by atoms with Crippen LogP contribution in [0.4, 0.5) is 0 Å². The minimum atomic E-state index is -4.77. The van der Waals surface area contributed by atoms with Gasteiger partial charge in [-0.25, -0.2) is 9.36 Å². The fourth-order valence-corrected chi connectivity index (χ4v) is 6.60. The molecular weight excluding hydrogens is 757 g/mol. The normalized spacial score (nSPS) is 14.3. The summed E-state index contributed by atoms with van der Waals surface area (Å²) in [5.41, 5.74) is 0. The Labute approximate surface area is 351 Å². The number of ether oxygens (including phenoxy) is 1. The average molecular weight is 838 g/mol. The lowest BCUT2D eigenvalue weighted by molar-refractivity contribution is -0.147. The number of amides is 1. The fraction of sp³-hybridized carbons (Fsp3) is 0.717. The number of aliphatic hydroxyl groups is 1. The Balaban J connectivity index is 3.88. The van der Waals surface area contributed by atoms with Gasteiger partial charge >= 0.3 is 19.8 Å². The number of aliphatic carboxylic acids is 1. The maximum Gasteiger partial charge on any atom is 0.472 e. The van der Waals surface area contributed by atoms with Crippen molar-refractivity contribution in [3.05, 3.63) is 60.8 Å². The number of nitrogens with one attached hydrogen (secondary N) is 1. The van der Waals surface area contributed by atoms with Crippen LogP contribution in [0.1, 0.15) is 181 Å². The van der Waals surface area contributed by atoms with Crippen molar-refractivity contribution < 1.29 is 47.8 Å². The number of unbranched alkanes of at least 4 members (excludes halogenated alkanes) is 17. The van der Waals surface area contributed by atoms with E-state index in [-0.39, 0.29) is 12.8 Å². The minimum absolute atomic E-state index is 0.108. The van der Waals surface area contributed by atoms with Crippen LogP contribution < -0.4 is 5.32 Å². The second-order valence-electron chi connectivity index (χ2n) is 14.9. The number of allylic oxidation sites excluding steroid dienone is 10. The Morgan fingerprint density at radius 3 is 1.52 bits per heavy atom. The van der Waals surface area contributed by atoms with Crippen molar-refractivity contribution in [3.8, 4) is 0 Å². The molecule has 0 bridgehead atoms. The molecule has 4 N–H and O–H groups in total. The predicted octanol–water partition coefficient (Wildman–Crippen LogP) is 11.6. The van der Waals surface area contributed by atoms with Crippen molar-refractivity contribution in [2.45, 2.75) is 193 Å². The SMILES string of the molecule is CC/C=C\C/C=C\C/C=C\CCCCCC(=O)NC(COP(=O)(O)OCC(O)COC(=O)CCCCCCCCCCCCC/C=C\C/C=C\CCCCC)C(=O)O. The van der Waals surface area contributed by atoms with E-state index in [1.807, 2.05) is 0 Å². The number of carbonyl (C=O) groups is 3. The molecule has 0 spiro atoms. The smallest absolute Gasteiger partial charge is 0.472 e. The molecule has 0 aromatic carbocycles. The molecule has 1 amide bonds. The lowest BCUT2D eigenvalue weighted by atomic mass is 10.0. The first-order valence-corrected chi connectivity index (χ1v) is 23.8. The molecule has 0 saturated carbocycles. The van der Waals surface area contributed by atoms with Gasteiger partial charge in [0.15, 0.2) is 6.04 Å². The van der Waals surface area contributed by atoms with Crippen LogP contribution in [0.3, 0.4) is 0 Å². The van der Waals surface area contributed by atoms with Gasteiger partial charge in [-0.15, -0.1) is 0 Å². The van der Waals surface area contributed by atoms with Crippen molar-refractivity contribution in [3.63, 3.8) is 0 Å². The van der Waals surface area contributed by atoms with Gasteiger partial charge in [-0.1, -0.05) is 152 Å². The van der Waals surface area contributed by atoms with Crippen LogP contribution in [0, 0.1) is 0 Å². The second kappa shape index (κ2) is 40.9. The Kier molecular flexibility index (Phi) is 38.9. The third-order valence-electron chi connectivity index (χ3n) is 9.29. The van der Waals surface area contributed by atoms with Gasteiger partial charge in [-0.2, -0.15) is 0 Å². The highest BCUT2D eigenvalue weighted by molar-refractivity contribution is 7.47. The highest BCUT2D eigenvalue weighted by Crippen LogP contribution is 2.43. The van der Waals surface area contributed by atoms with Gasteiger partial charge in [0.25, 0.3) is 0 Å². The Hall–Kier alpha value is -2.82. The van der Waals surface area contributed by atoms with Gasteiger partial charge < -0.3 is 25.2 Å². The molecule has 334 valence electrons. The van der Waals surface area contributed by atoms with Gasteiger partial charge in [0.2, 0.25) is 5.91 Å². The summed E-state index contributed by atoms with van der Waals surface area (Å²) in [5.74, 6) is -2.42. The molecule has 12 heteroatoms. The molecule has 3 unspecified atom stereocenters. The lowest BCUT2D eigenvalue weighted by Crippen LogP contribution is -2.43. The van der Waals surface area contributed by atoms with E-state index < -0.39 is 57.6 Å². The van der Waals surface area contributed by atoms with Crippen LogP contribution in [-0.4, -0.2) is 64.9 Å². The molecule has 0 saturated heterocycles. The van der Waals surface area contributed by atoms with E-state index in [0.717, 1.165) is 64.2 Å². The van der Waals surface area contributed by atoms with Gasteiger partial charge in [-0.05, 0) is 77.0 Å². The van der Waals surface area contributed by atoms with Gasteiger partial charge in [0.1, 0.15) is 12.7 Å². The molecule has 11 nitrogen and oxygen atoms in total. The molecule has 0 fully saturated rings. The molecule has 0 aliphatic rings. The van der Waals surface area contributed by atoms with Crippen LogP contribution in [0.5, 0.6) is 0 Å².